The number of sulfonamides is 1. The van der Waals surface area contributed by atoms with Gasteiger partial charge in [0, 0.05) is 13.2 Å². The van der Waals surface area contributed by atoms with Gasteiger partial charge in [-0.3, -0.25) is 4.72 Å². The molecule has 4 rings (SSSR count). The molecule has 2 aliphatic rings. The first-order chi connectivity index (χ1) is 15.2. The number of carboxylic acids is 1. The van der Waals surface area contributed by atoms with E-state index in [1.54, 1.807) is 13.2 Å². The second kappa shape index (κ2) is 8.62. The lowest BCUT2D eigenvalue weighted by Gasteiger charge is -2.35. The quantitative estimate of drug-likeness (QED) is 0.586. The van der Waals surface area contributed by atoms with Crippen molar-refractivity contribution >= 4 is 33.3 Å². The number of rotatable bonds is 8. The fourth-order valence-electron chi connectivity index (χ4n) is 3.66. The molecule has 10 heteroatoms. The van der Waals surface area contributed by atoms with Gasteiger partial charge in [0.25, 0.3) is 10.0 Å². The van der Waals surface area contributed by atoms with Gasteiger partial charge in [-0.15, -0.1) is 0 Å². The zero-order valence-electron chi connectivity index (χ0n) is 17.2. The minimum atomic E-state index is -4.19. The SMILES string of the molecule is CO[C@H]1CC[C@H]1Oc1cc(Cl)c(C#N)cc1NS(=O)(=O)c1cc(C(=O)O)ccc1C1CC1. The number of carboxylic acid groups (broad SMARTS) is 1. The minimum Gasteiger partial charge on any atom is -0.485 e. The summed E-state index contributed by atoms with van der Waals surface area (Å²) in [5.74, 6) is -0.981. The lowest BCUT2D eigenvalue weighted by atomic mass is 9.92. The van der Waals surface area contributed by atoms with E-state index in [1.165, 1.54) is 18.2 Å². The third-order valence-electron chi connectivity index (χ3n) is 5.73. The van der Waals surface area contributed by atoms with Crippen molar-refractivity contribution in [2.24, 2.45) is 0 Å². The predicted octanol–water partition coefficient (Wildman–Crippen LogP) is 4.14. The number of nitriles is 1. The Kier molecular flexibility index (Phi) is 6.03. The van der Waals surface area contributed by atoms with Crippen LogP contribution in [0.4, 0.5) is 5.69 Å². The molecule has 0 amide bonds. The Balaban J connectivity index is 1.74. The number of carbonyl (C=O) groups is 1. The summed E-state index contributed by atoms with van der Waals surface area (Å²) >= 11 is 6.16. The molecule has 8 nitrogen and oxygen atoms in total. The third kappa shape index (κ3) is 4.39. The molecule has 2 aromatic rings. The highest BCUT2D eigenvalue weighted by atomic mass is 35.5. The molecule has 168 valence electrons. The van der Waals surface area contributed by atoms with E-state index in [1.807, 2.05) is 6.07 Å². The van der Waals surface area contributed by atoms with E-state index in [2.05, 4.69) is 4.72 Å². The number of hydrogen-bond donors (Lipinski definition) is 2. The van der Waals surface area contributed by atoms with Gasteiger partial charge >= 0.3 is 5.97 Å². The van der Waals surface area contributed by atoms with Crippen LogP contribution in [0.1, 0.15) is 53.1 Å². The molecule has 2 aromatic carbocycles. The molecule has 0 radical (unpaired) electrons. The van der Waals surface area contributed by atoms with E-state index < -0.39 is 16.0 Å². The number of ether oxygens (including phenoxy) is 2. The van der Waals surface area contributed by atoms with Crippen molar-refractivity contribution in [1.29, 1.82) is 5.26 Å². The summed E-state index contributed by atoms with van der Waals surface area (Å²) in [6.45, 7) is 0. The van der Waals surface area contributed by atoms with Crippen LogP contribution in [-0.2, 0) is 14.8 Å². The minimum absolute atomic E-state index is 0.0511. The molecule has 2 fully saturated rings. The first kappa shape index (κ1) is 22.4. The second-order valence-electron chi connectivity index (χ2n) is 7.89. The number of nitrogens with zero attached hydrogens (tertiary/aromatic N) is 1. The molecule has 0 saturated heterocycles. The molecule has 0 unspecified atom stereocenters. The van der Waals surface area contributed by atoms with Crippen LogP contribution in [0.5, 0.6) is 5.75 Å². The van der Waals surface area contributed by atoms with E-state index in [9.17, 15) is 23.6 Å². The Morgan fingerprint density at radius 1 is 1.19 bits per heavy atom. The molecule has 2 saturated carbocycles. The van der Waals surface area contributed by atoms with Crippen molar-refractivity contribution in [3.8, 4) is 11.8 Å². The van der Waals surface area contributed by atoms with Gasteiger partial charge in [-0.05, 0) is 55.4 Å². The van der Waals surface area contributed by atoms with Crippen LogP contribution in [0.15, 0.2) is 35.2 Å². The lowest BCUT2D eigenvalue weighted by molar-refractivity contribution is -0.0622. The summed E-state index contributed by atoms with van der Waals surface area (Å²) in [4.78, 5) is 11.3. The zero-order valence-corrected chi connectivity index (χ0v) is 18.7. The van der Waals surface area contributed by atoms with Gasteiger partial charge < -0.3 is 14.6 Å². The summed E-state index contributed by atoms with van der Waals surface area (Å²) in [5.41, 5.74) is 0.570. The van der Waals surface area contributed by atoms with E-state index in [-0.39, 0.29) is 50.6 Å². The van der Waals surface area contributed by atoms with E-state index >= 15 is 0 Å². The molecule has 2 N–H and O–H groups in total. The molecule has 0 heterocycles. The summed E-state index contributed by atoms with van der Waals surface area (Å²) < 4.78 is 40.5. The van der Waals surface area contributed by atoms with Crippen molar-refractivity contribution in [2.45, 2.75) is 48.7 Å². The largest absolute Gasteiger partial charge is 0.485 e. The summed E-state index contributed by atoms with van der Waals surface area (Å²) in [5, 5.41) is 18.8. The maximum absolute atomic E-state index is 13.4. The van der Waals surface area contributed by atoms with E-state index in [0.717, 1.165) is 31.7 Å². The van der Waals surface area contributed by atoms with Gasteiger partial charge in [-0.25, -0.2) is 13.2 Å². The van der Waals surface area contributed by atoms with Crippen molar-refractivity contribution in [3.05, 3.63) is 52.0 Å². The smallest absolute Gasteiger partial charge is 0.335 e. The number of anilines is 1. The first-order valence-corrected chi connectivity index (χ1v) is 11.9. The van der Waals surface area contributed by atoms with Crippen molar-refractivity contribution in [1.82, 2.24) is 0 Å². The van der Waals surface area contributed by atoms with Gasteiger partial charge in [-0.1, -0.05) is 17.7 Å². The Bertz CT molecular complexity index is 1220. The average molecular weight is 477 g/mol. The summed E-state index contributed by atoms with van der Waals surface area (Å²) in [6, 6.07) is 8.76. The monoisotopic (exact) mass is 476 g/mol. The molecule has 2 atom stereocenters. The Labute approximate surface area is 190 Å². The fourth-order valence-corrected chi connectivity index (χ4v) is 5.24. The maximum atomic E-state index is 13.4. The number of halogens is 1. The molecule has 0 aromatic heterocycles. The van der Waals surface area contributed by atoms with Crippen LogP contribution in [0.25, 0.3) is 0 Å². The normalized spacial score (nSPS) is 20.2. The highest BCUT2D eigenvalue weighted by molar-refractivity contribution is 7.92. The number of aromatic carboxylic acids is 1. The van der Waals surface area contributed by atoms with Crippen molar-refractivity contribution in [2.75, 3.05) is 11.8 Å². The molecule has 0 aliphatic heterocycles. The van der Waals surface area contributed by atoms with Crippen LogP contribution >= 0.6 is 11.6 Å². The lowest BCUT2D eigenvalue weighted by Crippen LogP contribution is -2.42. The Hall–Kier alpha value is -2.80. The van der Waals surface area contributed by atoms with E-state index in [0.29, 0.717) is 5.56 Å². The highest BCUT2D eigenvalue weighted by Gasteiger charge is 2.35. The average Bonchev–Trinajstić information content (AvgIpc) is 3.57. The van der Waals surface area contributed by atoms with Gasteiger partial charge in [0.1, 0.15) is 17.9 Å². The molecular formula is C22H21ClN2O6S. The van der Waals surface area contributed by atoms with Crippen LogP contribution in [-0.4, -0.2) is 38.8 Å². The Morgan fingerprint density at radius 2 is 1.91 bits per heavy atom. The van der Waals surface area contributed by atoms with Gasteiger partial charge in [-0.2, -0.15) is 5.26 Å². The molecule has 0 spiro atoms. The van der Waals surface area contributed by atoms with Crippen LogP contribution in [0, 0.1) is 11.3 Å². The molecule has 0 bridgehead atoms. The summed E-state index contributed by atoms with van der Waals surface area (Å²) in [7, 11) is -2.61. The van der Waals surface area contributed by atoms with Crippen LogP contribution in [0.2, 0.25) is 5.02 Å². The second-order valence-corrected chi connectivity index (χ2v) is 9.94. The fraction of sp³-hybridized carbons (Fsp3) is 0.364. The van der Waals surface area contributed by atoms with Crippen molar-refractivity contribution in [3.63, 3.8) is 0 Å². The van der Waals surface area contributed by atoms with E-state index in [4.69, 9.17) is 21.1 Å². The first-order valence-electron chi connectivity index (χ1n) is 10.1. The number of hydrogen-bond acceptors (Lipinski definition) is 6. The number of benzene rings is 2. The number of nitrogens with one attached hydrogen (secondary N) is 1. The highest BCUT2D eigenvalue weighted by Crippen LogP contribution is 2.44. The molecular weight excluding hydrogens is 456 g/mol. The topological polar surface area (TPSA) is 126 Å². The van der Waals surface area contributed by atoms with Crippen LogP contribution < -0.4 is 9.46 Å². The standard InChI is InChI=1S/C22H21ClN2O6S/c1-30-18-6-7-19(18)31-20-10-16(23)14(11-24)8-17(20)25-32(28,29)21-9-13(22(26)27)4-5-15(21)12-2-3-12/h4-5,8-10,12,18-19,25H,2-3,6-7H2,1H3,(H,26,27)/t18-,19+/m0/s1. The predicted molar refractivity (Wildman–Crippen MR) is 117 cm³/mol. The van der Waals surface area contributed by atoms with Gasteiger partial charge in [0.05, 0.1) is 32.8 Å². The van der Waals surface area contributed by atoms with Crippen LogP contribution in [0.3, 0.4) is 0 Å². The van der Waals surface area contributed by atoms with Gasteiger partial charge in [0.15, 0.2) is 0 Å². The molecule has 2 aliphatic carbocycles. The maximum Gasteiger partial charge on any atom is 0.335 e. The molecule has 32 heavy (non-hydrogen) atoms. The van der Waals surface area contributed by atoms with Gasteiger partial charge in [0.2, 0.25) is 0 Å². The zero-order chi connectivity index (χ0) is 23.0. The third-order valence-corrected chi connectivity index (χ3v) is 7.47. The van der Waals surface area contributed by atoms with Crippen molar-refractivity contribution < 1.29 is 27.8 Å². The Morgan fingerprint density at radius 3 is 2.47 bits per heavy atom. The summed E-state index contributed by atoms with van der Waals surface area (Å²) in [6.07, 6.45) is 2.83. The number of methoxy groups -OCH3 is 1.